The molecule has 0 fully saturated rings. The van der Waals surface area contributed by atoms with E-state index in [2.05, 4.69) is 5.10 Å². The predicted molar refractivity (Wildman–Crippen MR) is 95.1 cm³/mol. The Morgan fingerprint density at radius 3 is 2.75 bits per heavy atom. The summed E-state index contributed by atoms with van der Waals surface area (Å²) in [4.78, 5) is 12.2. The van der Waals surface area contributed by atoms with Crippen molar-refractivity contribution in [2.75, 3.05) is 13.7 Å². The molecule has 2 rings (SSSR count). The SMILES string of the molecule is CCOc1cc(/C=C/C(=O)c2cnn(C(C)C)c2)cc(Cl)c1OC. The summed E-state index contributed by atoms with van der Waals surface area (Å²) >= 11 is 6.20. The first kappa shape index (κ1) is 18.1. The smallest absolute Gasteiger partial charge is 0.189 e. The highest BCUT2D eigenvalue weighted by molar-refractivity contribution is 6.32. The standard InChI is InChI=1S/C18H21ClN2O3/c1-5-24-17-9-13(8-15(19)18(17)23-4)6-7-16(22)14-10-20-21(11-14)12(2)3/h6-12H,5H2,1-4H3/b7-6+. The van der Waals surface area contributed by atoms with Gasteiger partial charge in [-0.2, -0.15) is 5.10 Å². The summed E-state index contributed by atoms with van der Waals surface area (Å²) < 4.78 is 12.5. The number of ether oxygens (including phenoxy) is 2. The molecule has 1 aromatic carbocycles. The molecule has 0 unspecified atom stereocenters. The lowest BCUT2D eigenvalue weighted by molar-refractivity contribution is 0.104. The zero-order valence-corrected chi connectivity index (χ0v) is 15.0. The number of nitrogens with zero attached hydrogens (tertiary/aromatic N) is 2. The summed E-state index contributed by atoms with van der Waals surface area (Å²) in [6, 6.07) is 3.73. The Morgan fingerprint density at radius 2 is 2.17 bits per heavy atom. The molecule has 0 aliphatic carbocycles. The fourth-order valence-electron chi connectivity index (χ4n) is 2.16. The molecule has 0 atom stereocenters. The summed E-state index contributed by atoms with van der Waals surface area (Å²) in [6.07, 6.45) is 6.50. The van der Waals surface area contributed by atoms with Crippen molar-refractivity contribution in [3.05, 3.63) is 46.8 Å². The lowest BCUT2D eigenvalue weighted by Gasteiger charge is -2.11. The average molecular weight is 349 g/mol. The van der Waals surface area contributed by atoms with Crippen LogP contribution in [0.1, 0.15) is 42.7 Å². The van der Waals surface area contributed by atoms with Gasteiger partial charge in [0.1, 0.15) is 0 Å². The van der Waals surface area contributed by atoms with Crippen LogP contribution < -0.4 is 9.47 Å². The van der Waals surface area contributed by atoms with Crippen molar-refractivity contribution in [1.82, 2.24) is 9.78 Å². The number of ketones is 1. The molecular weight excluding hydrogens is 328 g/mol. The molecule has 0 spiro atoms. The van der Waals surface area contributed by atoms with Gasteiger partial charge in [-0.15, -0.1) is 0 Å². The lowest BCUT2D eigenvalue weighted by Crippen LogP contribution is -2.00. The normalized spacial score (nSPS) is 11.2. The summed E-state index contributed by atoms with van der Waals surface area (Å²) in [5, 5.41) is 4.60. The topological polar surface area (TPSA) is 53.3 Å². The highest BCUT2D eigenvalue weighted by atomic mass is 35.5. The van der Waals surface area contributed by atoms with Crippen LogP contribution in [0.15, 0.2) is 30.6 Å². The number of hydrogen-bond donors (Lipinski definition) is 0. The maximum atomic E-state index is 12.2. The Labute approximate surface area is 146 Å². The molecule has 0 saturated heterocycles. The van der Waals surface area contributed by atoms with Crippen molar-refractivity contribution in [3.63, 3.8) is 0 Å². The van der Waals surface area contributed by atoms with Crippen LogP contribution in [0.25, 0.3) is 6.08 Å². The molecule has 0 aliphatic heterocycles. The number of halogens is 1. The molecule has 2 aromatic rings. The molecule has 5 nitrogen and oxygen atoms in total. The molecule has 6 heteroatoms. The monoisotopic (exact) mass is 348 g/mol. The third-order valence-electron chi connectivity index (χ3n) is 3.38. The second kappa shape index (κ2) is 8.02. The van der Waals surface area contributed by atoms with Crippen molar-refractivity contribution in [1.29, 1.82) is 0 Å². The molecule has 0 amide bonds. The highest BCUT2D eigenvalue weighted by Crippen LogP contribution is 2.36. The first-order valence-electron chi connectivity index (χ1n) is 7.73. The van der Waals surface area contributed by atoms with Gasteiger partial charge in [0.2, 0.25) is 0 Å². The van der Waals surface area contributed by atoms with Gasteiger partial charge in [-0.3, -0.25) is 9.48 Å². The fraction of sp³-hybridized carbons (Fsp3) is 0.333. The van der Waals surface area contributed by atoms with Gasteiger partial charge < -0.3 is 9.47 Å². The Balaban J connectivity index is 2.22. The van der Waals surface area contributed by atoms with Gasteiger partial charge in [0.15, 0.2) is 17.3 Å². The van der Waals surface area contributed by atoms with Gasteiger partial charge in [0.25, 0.3) is 0 Å². The van der Waals surface area contributed by atoms with Crippen LogP contribution in [-0.4, -0.2) is 29.3 Å². The third kappa shape index (κ3) is 4.17. The first-order chi connectivity index (χ1) is 11.5. The zero-order chi connectivity index (χ0) is 17.7. The molecule has 24 heavy (non-hydrogen) atoms. The van der Waals surface area contributed by atoms with Gasteiger partial charge in [0.05, 0.1) is 30.5 Å². The van der Waals surface area contributed by atoms with Crippen LogP contribution in [-0.2, 0) is 0 Å². The first-order valence-corrected chi connectivity index (χ1v) is 8.11. The Hall–Kier alpha value is -2.27. The number of carbonyl (C=O) groups excluding carboxylic acids is 1. The van der Waals surface area contributed by atoms with E-state index >= 15 is 0 Å². The summed E-state index contributed by atoms with van der Waals surface area (Å²) in [5.41, 5.74) is 1.30. The molecular formula is C18H21ClN2O3. The van der Waals surface area contributed by atoms with Gasteiger partial charge in [-0.25, -0.2) is 0 Å². The van der Waals surface area contributed by atoms with Crippen molar-refractivity contribution < 1.29 is 14.3 Å². The Morgan fingerprint density at radius 1 is 1.42 bits per heavy atom. The van der Waals surface area contributed by atoms with E-state index in [0.29, 0.717) is 28.7 Å². The molecule has 0 aliphatic rings. The van der Waals surface area contributed by atoms with E-state index in [1.54, 1.807) is 35.3 Å². The van der Waals surface area contributed by atoms with E-state index < -0.39 is 0 Å². The number of hydrogen-bond acceptors (Lipinski definition) is 4. The quantitative estimate of drug-likeness (QED) is 0.549. The van der Waals surface area contributed by atoms with E-state index in [1.165, 1.54) is 13.2 Å². The van der Waals surface area contributed by atoms with Crippen LogP contribution in [0.4, 0.5) is 0 Å². The van der Waals surface area contributed by atoms with Gasteiger partial charge in [-0.1, -0.05) is 17.7 Å². The minimum Gasteiger partial charge on any atom is -0.491 e. The fourth-order valence-corrected chi connectivity index (χ4v) is 2.46. The summed E-state index contributed by atoms with van der Waals surface area (Å²) in [6.45, 7) is 6.39. The van der Waals surface area contributed by atoms with E-state index in [0.717, 1.165) is 5.56 Å². The molecule has 128 valence electrons. The number of carbonyl (C=O) groups is 1. The third-order valence-corrected chi connectivity index (χ3v) is 3.66. The molecule has 0 N–H and O–H groups in total. The molecule has 0 bridgehead atoms. The van der Waals surface area contributed by atoms with Gasteiger partial charge in [-0.05, 0) is 44.5 Å². The van der Waals surface area contributed by atoms with Crippen molar-refractivity contribution in [2.24, 2.45) is 0 Å². The number of rotatable bonds is 7. The van der Waals surface area contributed by atoms with Gasteiger partial charge >= 0.3 is 0 Å². The van der Waals surface area contributed by atoms with Crippen LogP contribution in [0.5, 0.6) is 11.5 Å². The second-order valence-electron chi connectivity index (χ2n) is 5.47. The number of benzene rings is 1. The van der Waals surface area contributed by atoms with E-state index in [4.69, 9.17) is 21.1 Å². The molecule has 0 radical (unpaired) electrons. The van der Waals surface area contributed by atoms with E-state index in [-0.39, 0.29) is 11.8 Å². The largest absolute Gasteiger partial charge is 0.491 e. The van der Waals surface area contributed by atoms with Gasteiger partial charge in [0, 0.05) is 12.2 Å². The van der Waals surface area contributed by atoms with Crippen LogP contribution in [0, 0.1) is 0 Å². The highest BCUT2D eigenvalue weighted by Gasteiger charge is 2.11. The lowest BCUT2D eigenvalue weighted by atomic mass is 10.1. The Bertz CT molecular complexity index is 751. The van der Waals surface area contributed by atoms with Crippen molar-refractivity contribution in [2.45, 2.75) is 26.8 Å². The molecule has 1 aromatic heterocycles. The number of methoxy groups -OCH3 is 1. The van der Waals surface area contributed by atoms with Crippen molar-refractivity contribution in [3.8, 4) is 11.5 Å². The molecule has 0 saturated carbocycles. The summed E-state index contributed by atoms with van der Waals surface area (Å²) in [5.74, 6) is 0.916. The maximum Gasteiger partial charge on any atom is 0.189 e. The van der Waals surface area contributed by atoms with Crippen LogP contribution >= 0.6 is 11.6 Å². The van der Waals surface area contributed by atoms with E-state index in [1.807, 2.05) is 20.8 Å². The second-order valence-corrected chi connectivity index (χ2v) is 5.87. The Kier molecular flexibility index (Phi) is 6.04. The average Bonchev–Trinajstić information content (AvgIpc) is 3.03. The predicted octanol–water partition coefficient (Wildman–Crippen LogP) is 4.42. The molecule has 1 heterocycles. The maximum absolute atomic E-state index is 12.2. The van der Waals surface area contributed by atoms with E-state index in [9.17, 15) is 4.79 Å². The number of aromatic nitrogens is 2. The zero-order valence-electron chi connectivity index (χ0n) is 14.2. The van der Waals surface area contributed by atoms with Crippen LogP contribution in [0.3, 0.4) is 0 Å². The minimum absolute atomic E-state index is 0.119. The summed E-state index contributed by atoms with van der Waals surface area (Å²) in [7, 11) is 1.54. The van der Waals surface area contributed by atoms with Crippen LogP contribution in [0.2, 0.25) is 5.02 Å². The minimum atomic E-state index is -0.119. The number of allylic oxidation sites excluding steroid dienone is 1. The van der Waals surface area contributed by atoms with Crippen molar-refractivity contribution >= 4 is 23.5 Å².